The van der Waals surface area contributed by atoms with Crippen molar-refractivity contribution in [3.8, 4) is 0 Å². The van der Waals surface area contributed by atoms with Crippen LogP contribution in [-0.2, 0) is 6.54 Å². The molecule has 0 aliphatic heterocycles. The lowest BCUT2D eigenvalue weighted by Crippen LogP contribution is -2.42. The maximum absolute atomic E-state index is 12.3. The highest BCUT2D eigenvalue weighted by Crippen LogP contribution is 2.20. The maximum Gasteiger partial charge on any atom is 0.258 e. The molecule has 1 N–H and O–H groups in total. The minimum atomic E-state index is -0.344. The molecule has 2 rings (SSSR count). The van der Waals surface area contributed by atoms with Crippen molar-refractivity contribution in [2.75, 3.05) is 6.54 Å². The van der Waals surface area contributed by atoms with Crippen LogP contribution in [0.1, 0.15) is 22.8 Å². The van der Waals surface area contributed by atoms with Crippen LogP contribution in [0.3, 0.4) is 0 Å². The molecule has 0 saturated carbocycles. The minimum Gasteiger partial charge on any atom is -0.345 e. The zero-order valence-corrected chi connectivity index (χ0v) is 14.9. The van der Waals surface area contributed by atoms with Gasteiger partial charge in [-0.2, -0.15) is 0 Å². The lowest BCUT2D eigenvalue weighted by Gasteiger charge is -2.24. The van der Waals surface area contributed by atoms with Gasteiger partial charge >= 0.3 is 0 Å². The van der Waals surface area contributed by atoms with E-state index >= 15 is 0 Å². The van der Waals surface area contributed by atoms with Gasteiger partial charge in [-0.1, -0.05) is 53.5 Å². The van der Waals surface area contributed by atoms with Crippen LogP contribution < -0.4 is 5.32 Å². The number of rotatable bonds is 4. The van der Waals surface area contributed by atoms with Crippen molar-refractivity contribution >= 4 is 46.4 Å². The fraction of sp³-hybridized carbons (Fsp3) is 0.176. The van der Waals surface area contributed by atoms with Gasteiger partial charge in [-0.25, -0.2) is 0 Å². The molecule has 2 aromatic rings. The molecule has 0 aliphatic rings. The van der Waals surface area contributed by atoms with Crippen molar-refractivity contribution in [1.29, 1.82) is 0 Å². The van der Waals surface area contributed by atoms with Crippen molar-refractivity contribution in [2.24, 2.45) is 0 Å². The summed E-state index contributed by atoms with van der Waals surface area (Å²) in [7, 11) is 0. The van der Waals surface area contributed by atoms with Crippen LogP contribution in [0.4, 0.5) is 0 Å². The molecule has 120 valence electrons. The van der Waals surface area contributed by atoms with Gasteiger partial charge in [0.1, 0.15) is 0 Å². The van der Waals surface area contributed by atoms with Crippen LogP contribution in [0.15, 0.2) is 48.5 Å². The number of hydrogen-bond acceptors (Lipinski definition) is 2. The molecule has 0 radical (unpaired) electrons. The number of halogens is 2. The summed E-state index contributed by atoms with van der Waals surface area (Å²) in [6.45, 7) is 3.30. The van der Waals surface area contributed by atoms with Gasteiger partial charge in [0.15, 0.2) is 5.11 Å². The Morgan fingerprint density at radius 1 is 1.17 bits per heavy atom. The number of carbonyl (C=O) groups is 1. The number of amides is 1. The summed E-state index contributed by atoms with van der Waals surface area (Å²) < 4.78 is 0. The molecule has 23 heavy (non-hydrogen) atoms. The van der Waals surface area contributed by atoms with Gasteiger partial charge in [0.25, 0.3) is 5.91 Å². The Balaban J connectivity index is 2.05. The first-order chi connectivity index (χ1) is 11.0. The van der Waals surface area contributed by atoms with E-state index in [4.69, 9.17) is 35.4 Å². The third-order valence-electron chi connectivity index (χ3n) is 3.28. The molecular weight excluding hydrogens is 351 g/mol. The monoisotopic (exact) mass is 366 g/mol. The van der Waals surface area contributed by atoms with Crippen molar-refractivity contribution in [2.45, 2.75) is 13.5 Å². The van der Waals surface area contributed by atoms with Crippen LogP contribution in [0.5, 0.6) is 0 Å². The standard InChI is InChI=1S/C17H16Cl2N2OS/c1-2-21(11-12-6-4-3-5-7-12)17(23)20-16(22)14-9-8-13(18)10-15(14)19/h3-10H,2,11H2,1H3,(H,20,22,23). The second-order valence-corrected chi connectivity index (χ2v) is 6.11. The van der Waals surface area contributed by atoms with Crippen LogP contribution in [0.25, 0.3) is 0 Å². The number of benzene rings is 2. The van der Waals surface area contributed by atoms with E-state index in [1.807, 2.05) is 42.2 Å². The first-order valence-corrected chi connectivity index (χ1v) is 8.27. The summed E-state index contributed by atoms with van der Waals surface area (Å²) >= 11 is 17.2. The zero-order valence-electron chi connectivity index (χ0n) is 12.6. The van der Waals surface area contributed by atoms with E-state index in [-0.39, 0.29) is 5.91 Å². The Morgan fingerprint density at radius 3 is 2.48 bits per heavy atom. The number of thiocarbonyl (C=S) groups is 1. The lowest BCUT2D eigenvalue weighted by molar-refractivity contribution is 0.0973. The van der Waals surface area contributed by atoms with Gasteiger partial charge in [-0.05, 0) is 42.9 Å². The number of nitrogens with zero attached hydrogens (tertiary/aromatic N) is 1. The number of nitrogens with one attached hydrogen (secondary N) is 1. The van der Waals surface area contributed by atoms with E-state index in [0.29, 0.717) is 33.8 Å². The molecule has 0 saturated heterocycles. The summed E-state index contributed by atoms with van der Waals surface area (Å²) in [5.74, 6) is -0.344. The van der Waals surface area contributed by atoms with Gasteiger partial charge in [-0.15, -0.1) is 0 Å². The lowest BCUT2D eigenvalue weighted by atomic mass is 10.2. The first-order valence-electron chi connectivity index (χ1n) is 7.10. The molecule has 0 aliphatic carbocycles. The highest BCUT2D eigenvalue weighted by atomic mass is 35.5. The van der Waals surface area contributed by atoms with Crippen molar-refractivity contribution in [3.05, 3.63) is 69.7 Å². The molecule has 0 bridgehead atoms. The van der Waals surface area contributed by atoms with E-state index in [0.717, 1.165) is 5.56 Å². The summed E-state index contributed by atoms with van der Waals surface area (Å²) in [5.41, 5.74) is 1.46. The molecular formula is C17H16Cl2N2OS. The molecule has 0 heterocycles. The van der Waals surface area contributed by atoms with Crippen LogP contribution >= 0.6 is 35.4 Å². The van der Waals surface area contributed by atoms with E-state index in [9.17, 15) is 4.79 Å². The highest BCUT2D eigenvalue weighted by Gasteiger charge is 2.15. The molecule has 0 fully saturated rings. The summed E-state index contributed by atoms with van der Waals surface area (Å²) in [5, 5.41) is 3.86. The molecule has 2 aromatic carbocycles. The van der Waals surface area contributed by atoms with Crippen LogP contribution in [-0.4, -0.2) is 22.5 Å². The summed E-state index contributed by atoms with van der Waals surface area (Å²) in [6.07, 6.45) is 0. The van der Waals surface area contributed by atoms with Gasteiger partial charge in [0, 0.05) is 18.1 Å². The molecule has 0 unspecified atom stereocenters. The smallest absolute Gasteiger partial charge is 0.258 e. The molecule has 3 nitrogen and oxygen atoms in total. The van der Waals surface area contributed by atoms with Crippen molar-refractivity contribution in [3.63, 3.8) is 0 Å². The molecule has 6 heteroatoms. The van der Waals surface area contributed by atoms with Gasteiger partial charge < -0.3 is 4.90 Å². The fourth-order valence-corrected chi connectivity index (χ4v) is 2.83. The Morgan fingerprint density at radius 2 is 1.87 bits per heavy atom. The molecule has 0 atom stereocenters. The quantitative estimate of drug-likeness (QED) is 0.806. The van der Waals surface area contributed by atoms with E-state index in [1.165, 1.54) is 6.07 Å². The van der Waals surface area contributed by atoms with Gasteiger partial charge in [-0.3, -0.25) is 10.1 Å². The third kappa shape index (κ3) is 4.93. The van der Waals surface area contributed by atoms with E-state index in [1.54, 1.807) is 12.1 Å². The van der Waals surface area contributed by atoms with Gasteiger partial charge in [0.2, 0.25) is 0 Å². The second-order valence-electron chi connectivity index (χ2n) is 4.88. The fourth-order valence-electron chi connectivity index (χ4n) is 2.05. The molecule has 0 aromatic heterocycles. The normalized spacial score (nSPS) is 10.2. The van der Waals surface area contributed by atoms with E-state index < -0.39 is 0 Å². The summed E-state index contributed by atoms with van der Waals surface area (Å²) in [6, 6.07) is 14.7. The Labute approximate surface area is 151 Å². The predicted molar refractivity (Wildman–Crippen MR) is 99.1 cm³/mol. The number of hydrogen-bond donors (Lipinski definition) is 1. The highest BCUT2D eigenvalue weighted by molar-refractivity contribution is 7.80. The second kappa shape index (κ2) is 8.29. The topological polar surface area (TPSA) is 32.3 Å². The van der Waals surface area contributed by atoms with E-state index in [2.05, 4.69) is 5.32 Å². The largest absolute Gasteiger partial charge is 0.345 e. The average molecular weight is 367 g/mol. The first kappa shape index (κ1) is 17.7. The predicted octanol–water partition coefficient (Wildman–Crippen LogP) is 4.53. The average Bonchev–Trinajstić information content (AvgIpc) is 2.53. The van der Waals surface area contributed by atoms with Crippen molar-refractivity contribution in [1.82, 2.24) is 10.2 Å². The third-order valence-corrected chi connectivity index (χ3v) is 4.19. The number of carbonyl (C=O) groups excluding carboxylic acids is 1. The van der Waals surface area contributed by atoms with Crippen LogP contribution in [0, 0.1) is 0 Å². The maximum atomic E-state index is 12.3. The Kier molecular flexibility index (Phi) is 6.39. The van der Waals surface area contributed by atoms with Gasteiger partial charge in [0.05, 0.1) is 10.6 Å². The van der Waals surface area contributed by atoms with Crippen LogP contribution in [0.2, 0.25) is 10.0 Å². The molecule has 0 spiro atoms. The molecule has 1 amide bonds. The minimum absolute atomic E-state index is 0.295. The van der Waals surface area contributed by atoms with Crippen molar-refractivity contribution < 1.29 is 4.79 Å². The summed E-state index contributed by atoms with van der Waals surface area (Å²) in [4.78, 5) is 14.2. The Hall–Kier alpha value is -1.62. The Bertz CT molecular complexity index is 707. The SMILES string of the molecule is CCN(Cc1ccccc1)C(=S)NC(=O)c1ccc(Cl)cc1Cl. The zero-order chi connectivity index (χ0) is 16.8.